The Labute approximate surface area is 217 Å². The van der Waals surface area contributed by atoms with E-state index in [0.29, 0.717) is 27.6 Å². The van der Waals surface area contributed by atoms with E-state index in [1.54, 1.807) is 37.4 Å². The van der Waals surface area contributed by atoms with E-state index >= 15 is 0 Å². The van der Waals surface area contributed by atoms with Crippen molar-refractivity contribution >= 4 is 32.1 Å². The molecular weight excluding hydrogens is 519 g/mol. The molecule has 0 bridgehead atoms. The molecule has 0 saturated heterocycles. The van der Waals surface area contributed by atoms with Crippen molar-refractivity contribution in [2.24, 2.45) is 4.36 Å². The predicted octanol–water partition coefficient (Wildman–Crippen LogP) is 4.37. The number of carbonyl (C=O) groups is 1. The van der Waals surface area contributed by atoms with Gasteiger partial charge in [-0.2, -0.15) is 0 Å². The zero-order valence-corrected chi connectivity index (χ0v) is 22.0. The maximum atomic E-state index is 14.8. The van der Waals surface area contributed by atoms with Gasteiger partial charge in [-0.25, -0.2) is 13.0 Å². The number of ether oxygens (including phenoxy) is 2. The first-order valence-corrected chi connectivity index (χ1v) is 13.6. The molecule has 4 rings (SSSR count). The van der Waals surface area contributed by atoms with Gasteiger partial charge in [0.2, 0.25) is 5.13 Å². The summed E-state index contributed by atoms with van der Waals surface area (Å²) < 4.78 is 41.9. The molecule has 0 radical (unpaired) electrons. The predicted molar refractivity (Wildman–Crippen MR) is 138 cm³/mol. The van der Waals surface area contributed by atoms with Crippen molar-refractivity contribution in [1.82, 2.24) is 20.2 Å². The molecule has 3 aromatic heterocycles. The average molecular weight is 543 g/mol. The van der Waals surface area contributed by atoms with Crippen LogP contribution < -0.4 is 14.8 Å². The molecule has 1 atom stereocenters. The molecule has 0 unspecified atom stereocenters. The molecule has 0 saturated carbocycles. The minimum absolute atomic E-state index is 0.0934. The molecule has 37 heavy (non-hydrogen) atoms. The van der Waals surface area contributed by atoms with Gasteiger partial charge in [-0.05, 0) is 48.6 Å². The Kier molecular flexibility index (Phi) is 7.74. The van der Waals surface area contributed by atoms with Crippen molar-refractivity contribution in [3.8, 4) is 22.1 Å². The van der Waals surface area contributed by atoms with E-state index in [0.717, 1.165) is 11.3 Å². The summed E-state index contributed by atoms with van der Waals surface area (Å²) in [6.07, 6.45) is 4.41. The summed E-state index contributed by atoms with van der Waals surface area (Å²) in [6, 6.07) is 9.44. The smallest absolute Gasteiger partial charge is 0.296 e. The molecule has 10 nitrogen and oxygen atoms in total. The van der Waals surface area contributed by atoms with Crippen molar-refractivity contribution in [3.05, 3.63) is 71.6 Å². The Hall–Kier alpha value is -3.97. The molecule has 1 amide bonds. The highest BCUT2D eigenvalue weighted by Crippen LogP contribution is 2.35. The van der Waals surface area contributed by atoms with E-state index in [1.807, 2.05) is 0 Å². The van der Waals surface area contributed by atoms with E-state index in [4.69, 9.17) is 9.47 Å². The first kappa shape index (κ1) is 26.1. The summed E-state index contributed by atoms with van der Waals surface area (Å²) in [4.78, 5) is 22.1. The number of anilines is 1. The second-order valence-electron chi connectivity index (χ2n) is 7.77. The molecular formula is C24H23FN6O4S2. The fraction of sp³-hybridized carbons (Fsp3) is 0.208. The van der Waals surface area contributed by atoms with Gasteiger partial charge in [-0.3, -0.25) is 20.1 Å². The molecule has 0 aliphatic rings. The van der Waals surface area contributed by atoms with Gasteiger partial charge in [0.15, 0.2) is 0 Å². The highest BCUT2D eigenvalue weighted by atomic mass is 32.2. The number of aryl methyl sites for hydroxylation is 1. The van der Waals surface area contributed by atoms with Crippen LogP contribution in [0.4, 0.5) is 9.52 Å². The summed E-state index contributed by atoms with van der Waals surface area (Å²) in [5.41, 5.74) is 1.83. The lowest BCUT2D eigenvalue weighted by Crippen LogP contribution is -2.14. The van der Waals surface area contributed by atoms with Crippen LogP contribution in [0.15, 0.2) is 58.1 Å². The normalized spacial score (nSPS) is 12.5. The Balaban J connectivity index is 1.49. The van der Waals surface area contributed by atoms with Gasteiger partial charge in [0.1, 0.15) is 18.2 Å². The van der Waals surface area contributed by atoms with Crippen molar-refractivity contribution in [1.29, 1.82) is 0 Å². The van der Waals surface area contributed by atoms with Crippen LogP contribution in [0.5, 0.6) is 10.9 Å². The van der Waals surface area contributed by atoms with Crippen molar-refractivity contribution < 1.29 is 22.9 Å². The highest BCUT2D eigenvalue weighted by molar-refractivity contribution is 7.93. The summed E-state index contributed by atoms with van der Waals surface area (Å²) in [5.74, 6) is -0.784. The molecule has 4 aromatic rings. The lowest BCUT2D eigenvalue weighted by atomic mass is 9.98. The van der Waals surface area contributed by atoms with Gasteiger partial charge in [-0.1, -0.05) is 11.2 Å². The van der Waals surface area contributed by atoms with Gasteiger partial charge < -0.3 is 9.47 Å². The van der Waals surface area contributed by atoms with Crippen molar-refractivity contribution in [3.63, 3.8) is 0 Å². The number of carbonyl (C=O) groups excluding carboxylic acids is 1. The third kappa shape index (κ3) is 5.89. The van der Waals surface area contributed by atoms with E-state index in [1.165, 1.54) is 38.7 Å². The highest BCUT2D eigenvalue weighted by Gasteiger charge is 2.21. The van der Waals surface area contributed by atoms with E-state index in [-0.39, 0.29) is 28.1 Å². The van der Waals surface area contributed by atoms with Crippen LogP contribution in [-0.2, 0) is 16.3 Å². The van der Waals surface area contributed by atoms with Gasteiger partial charge in [-0.15, -0.1) is 5.10 Å². The number of nitrogens with zero attached hydrogens (tertiary/aromatic N) is 5. The van der Waals surface area contributed by atoms with Crippen LogP contribution >= 0.6 is 11.3 Å². The Morgan fingerprint density at radius 3 is 2.70 bits per heavy atom. The summed E-state index contributed by atoms with van der Waals surface area (Å²) >= 11 is 1.02. The molecule has 0 aliphatic heterocycles. The van der Waals surface area contributed by atoms with Crippen LogP contribution in [0.25, 0.3) is 11.1 Å². The number of aromatic nitrogens is 4. The van der Waals surface area contributed by atoms with E-state index in [9.17, 15) is 13.4 Å². The molecule has 192 valence electrons. The quantitative estimate of drug-likeness (QED) is 0.348. The number of hydrogen-bond donors (Lipinski definition) is 1. The van der Waals surface area contributed by atoms with Crippen molar-refractivity contribution in [2.45, 2.75) is 18.4 Å². The lowest BCUT2D eigenvalue weighted by molar-refractivity contribution is 0.102. The maximum Gasteiger partial charge on any atom is 0.296 e. The number of benzene rings is 1. The fourth-order valence-electron chi connectivity index (χ4n) is 3.33. The van der Waals surface area contributed by atoms with Gasteiger partial charge in [0, 0.05) is 37.0 Å². The number of hydrogen-bond acceptors (Lipinski definition) is 10. The molecule has 3 heterocycles. The Morgan fingerprint density at radius 2 is 2.00 bits per heavy atom. The monoisotopic (exact) mass is 542 g/mol. The number of halogens is 1. The van der Waals surface area contributed by atoms with Crippen LogP contribution in [-0.4, -0.2) is 50.7 Å². The Bertz CT molecular complexity index is 1570. The average Bonchev–Trinajstić information content (AvgIpc) is 3.34. The van der Waals surface area contributed by atoms with Gasteiger partial charge in [0.05, 0.1) is 38.6 Å². The molecule has 0 aliphatic carbocycles. The Morgan fingerprint density at radius 1 is 1.19 bits per heavy atom. The topological polar surface area (TPSA) is 129 Å². The van der Waals surface area contributed by atoms with E-state index in [2.05, 4.69) is 29.8 Å². The molecule has 1 N–H and O–H groups in total. The largest absolute Gasteiger partial charge is 0.496 e. The molecule has 0 fully saturated rings. The standard InChI is InChI=1S/C24H23FN6O4S2/c1-14-10-17(21-19(25)6-5-7-20(21)34-3)18(12-27-14)22(32)29-23-30-31-24(36-23)35-13-15-8-9-16(11-28-15)37(4,33)26-2/h5-12H,13H2,1-4H3,(H,29,30,32)/t37-/m0/s1. The second-order valence-corrected chi connectivity index (χ2v) is 11.2. The first-order chi connectivity index (χ1) is 17.7. The number of pyridine rings is 2. The van der Waals surface area contributed by atoms with Crippen LogP contribution in [0.2, 0.25) is 0 Å². The van der Waals surface area contributed by atoms with Crippen LogP contribution in [0, 0.1) is 12.7 Å². The first-order valence-electron chi connectivity index (χ1n) is 10.8. The minimum Gasteiger partial charge on any atom is -0.496 e. The summed E-state index contributed by atoms with van der Waals surface area (Å²) in [7, 11) is 0.466. The molecule has 13 heteroatoms. The van der Waals surface area contributed by atoms with Gasteiger partial charge >= 0.3 is 0 Å². The number of rotatable bonds is 8. The maximum absolute atomic E-state index is 14.8. The number of methoxy groups -OCH3 is 1. The van der Waals surface area contributed by atoms with E-state index < -0.39 is 21.5 Å². The van der Waals surface area contributed by atoms with Gasteiger partial charge in [0.25, 0.3) is 11.1 Å². The summed E-state index contributed by atoms with van der Waals surface area (Å²) in [5, 5.41) is 10.9. The summed E-state index contributed by atoms with van der Waals surface area (Å²) in [6.45, 7) is 1.84. The SMILES string of the molecule is CN=[S@@](C)(=O)c1ccc(COc2nnc(NC(=O)c3cnc(C)cc3-c3c(F)cccc3OC)s2)nc1. The lowest BCUT2D eigenvalue weighted by Gasteiger charge is -2.14. The van der Waals surface area contributed by atoms with Crippen molar-refractivity contribution in [2.75, 3.05) is 25.7 Å². The minimum atomic E-state index is -2.46. The fourth-order valence-corrected chi connectivity index (χ4v) is 4.70. The zero-order valence-electron chi connectivity index (χ0n) is 20.4. The number of nitrogens with one attached hydrogen (secondary N) is 1. The van der Waals surface area contributed by atoms with Crippen LogP contribution in [0.3, 0.4) is 0 Å². The molecule has 0 spiro atoms. The second kappa shape index (κ2) is 11.0. The van der Waals surface area contributed by atoms with Crippen LogP contribution in [0.1, 0.15) is 21.7 Å². The third-order valence-corrected chi connectivity index (χ3v) is 7.87. The number of amides is 1. The zero-order chi connectivity index (χ0) is 26.6. The third-order valence-electron chi connectivity index (χ3n) is 5.30. The molecule has 1 aromatic carbocycles.